The van der Waals surface area contributed by atoms with Crippen LogP contribution >= 0.6 is 11.3 Å². The Morgan fingerprint density at radius 3 is 2.76 bits per heavy atom. The number of nitrogens with two attached hydrogens (primary N) is 1. The quantitative estimate of drug-likeness (QED) is 0.864. The molecule has 3 heterocycles. The van der Waals surface area contributed by atoms with Crippen LogP contribution < -0.4 is 10.5 Å². The summed E-state index contributed by atoms with van der Waals surface area (Å²) in [7, 11) is -1.39. The van der Waals surface area contributed by atoms with Gasteiger partial charge in [0.2, 0.25) is 0 Å². The summed E-state index contributed by atoms with van der Waals surface area (Å²) in [5.74, 6) is 1.01. The first-order valence-corrected chi connectivity index (χ1v) is 10.8. The molecule has 6 nitrogen and oxygen atoms in total. The fraction of sp³-hybridized carbons (Fsp3) is 0.471. The Morgan fingerprint density at radius 1 is 1.32 bits per heavy atom. The maximum absolute atomic E-state index is 12.2. The van der Waals surface area contributed by atoms with Gasteiger partial charge >= 0.3 is 0 Å². The summed E-state index contributed by atoms with van der Waals surface area (Å²) in [4.78, 5) is 6.87. The van der Waals surface area contributed by atoms with Gasteiger partial charge in [0.1, 0.15) is 10.8 Å². The Morgan fingerprint density at radius 2 is 2.08 bits per heavy atom. The fourth-order valence-corrected chi connectivity index (χ4v) is 6.90. The predicted octanol–water partition coefficient (Wildman–Crippen LogP) is 1.37. The molecular formula is C17H21N3O3S2. The summed E-state index contributed by atoms with van der Waals surface area (Å²) < 4.78 is 29.5. The first-order valence-electron chi connectivity index (χ1n) is 8.24. The van der Waals surface area contributed by atoms with E-state index < -0.39 is 9.84 Å². The lowest BCUT2D eigenvalue weighted by Gasteiger charge is -2.16. The van der Waals surface area contributed by atoms with Crippen molar-refractivity contribution in [3.63, 3.8) is 0 Å². The van der Waals surface area contributed by atoms with Crippen molar-refractivity contribution in [3.8, 4) is 16.3 Å². The van der Waals surface area contributed by atoms with Gasteiger partial charge in [-0.1, -0.05) is 0 Å². The van der Waals surface area contributed by atoms with Gasteiger partial charge in [-0.05, 0) is 24.3 Å². The van der Waals surface area contributed by atoms with Gasteiger partial charge in [-0.25, -0.2) is 13.4 Å². The number of methoxy groups -OCH3 is 1. The van der Waals surface area contributed by atoms with Gasteiger partial charge in [-0.15, -0.1) is 11.3 Å². The van der Waals surface area contributed by atoms with Crippen LogP contribution in [0.25, 0.3) is 10.6 Å². The zero-order chi connectivity index (χ0) is 17.6. The highest BCUT2D eigenvalue weighted by Crippen LogP contribution is 2.34. The largest absolute Gasteiger partial charge is 0.497 e. The van der Waals surface area contributed by atoms with Crippen LogP contribution in [0.2, 0.25) is 0 Å². The molecule has 0 aliphatic carbocycles. The third kappa shape index (κ3) is 3.19. The van der Waals surface area contributed by atoms with Crippen molar-refractivity contribution in [2.24, 2.45) is 11.7 Å². The normalized spacial score (nSPS) is 28.2. The molecule has 0 spiro atoms. The Balaban J connectivity index is 1.45. The highest BCUT2D eigenvalue weighted by molar-refractivity contribution is 7.92. The van der Waals surface area contributed by atoms with E-state index in [0.29, 0.717) is 13.1 Å². The van der Waals surface area contributed by atoms with Crippen molar-refractivity contribution < 1.29 is 13.2 Å². The Bertz CT molecular complexity index is 864. The second-order valence-corrected chi connectivity index (χ2v) is 9.88. The lowest BCUT2D eigenvalue weighted by atomic mass is 10.0. The van der Waals surface area contributed by atoms with Gasteiger partial charge in [0.15, 0.2) is 9.84 Å². The van der Waals surface area contributed by atoms with E-state index in [0.717, 1.165) is 28.6 Å². The van der Waals surface area contributed by atoms with Gasteiger partial charge < -0.3 is 10.5 Å². The molecule has 2 fully saturated rings. The Hall–Kier alpha value is -1.48. The lowest BCUT2D eigenvalue weighted by Crippen LogP contribution is -2.33. The van der Waals surface area contributed by atoms with Crippen molar-refractivity contribution in [3.05, 3.63) is 35.3 Å². The molecular weight excluding hydrogens is 358 g/mol. The second-order valence-electron chi connectivity index (χ2n) is 6.76. The number of hydrogen-bond acceptors (Lipinski definition) is 7. The number of aromatic nitrogens is 1. The van der Waals surface area contributed by atoms with E-state index in [9.17, 15) is 8.42 Å². The molecule has 2 aliphatic rings. The van der Waals surface area contributed by atoms with E-state index in [-0.39, 0.29) is 23.0 Å². The average Bonchev–Trinajstić information content (AvgIpc) is 3.26. The van der Waals surface area contributed by atoms with Crippen LogP contribution in [0.5, 0.6) is 5.75 Å². The molecule has 3 atom stereocenters. The van der Waals surface area contributed by atoms with E-state index in [1.165, 1.54) is 0 Å². The van der Waals surface area contributed by atoms with Crippen LogP contribution in [0.15, 0.2) is 29.6 Å². The standard InChI is InChI=1S/C17H21N3O3S2/c1-23-13-4-2-11(3-5-13)17-19-12(9-24-17)6-20-7-14-15(18)10-25(21,22)16(14)8-20/h2-5,9,14-16H,6-8,10,18H2,1H3/t14-,15+,16-/m1/s1. The van der Waals surface area contributed by atoms with Crippen LogP contribution in [-0.2, 0) is 16.4 Å². The van der Waals surface area contributed by atoms with Crippen LogP contribution in [0, 0.1) is 5.92 Å². The van der Waals surface area contributed by atoms with Gasteiger partial charge in [0, 0.05) is 42.5 Å². The van der Waals surface area contributed by atoms with Gasteiger partial charge in [-0.2, -0.15) is 0 Å². The molecule has 1 aromatic carbocycles. The van der Waals surface area contributed by atoms with Crippen molar-refractivity contribution >= 4 is 21.2 Å². The van der Waals surface area contributed by atoms with E-state index in [1.807, 2.05) is 29.6 Å². The van der Waals surface area contributed by atoms with Crippen LogP contribution in [0.4, 0.5) is 0 Å². The summed E-state index contributed by atoms with van der Waals surface area (Å²) in [5.41, 5.74) is 8.05. The number of thiazole rings is 1. The summed E-state index contributed by atoms with van der Waals surface area (Å²) in [5, 5.41) is 2.70. The highest BCUT2D eigenvalue weighted by atomic mass is 32.2. The van der Waals surface area contributed by atoms with Crippen molar-refractivity contribution in [2.75, 3.05) is 26.0 Å². The molecule has 8 heteroatoms. The molecule has 25 heavy (non-hydrogen) atoms. The molecule has 4 rings (SSSR count). The summed E-state index contributed by atoms with van der Waals surface area (Å²) in [6.07, 6.45) is 0. The minimum absolute atomic E-state index is 0.0599. The number of fused-ring (bicyclic) bond motifs is 1. The number of benzene rings is 1. The zero-order valence-electron chi connectivity index (χ0n) is 14.0. The number of likely N-dealkylation sites (tertiary alicyclic amines) is 1. The summed E-state index contributed by atoms with van der Waals surface area (Å²) >= 11 is 1.60. The van der Waals surface area contributed by atoms with Crippen molar-refractivity contribution in [2.45, 2.75) is 17.8 Å². The first kappa shape index (κ1) is 17.0. The summed E-state index contributed by atoms with van der Waals surface area (Å²) in [6.45, 7) is 1.97. The third-order valence-electron chi connectivity index (χ3n) is 5.09. The molecule has 0 bridgehead atoms. The van der Waals surface area contributed by atoms with Gasteiger partial charge in [-0.3, -0.25) is 4.90 Å². The highest BCUT2D eigenvalue weighted by Gasteiger charge is 2.50. The van der Waals surface area contributed by atoms with Crippen LogP contribution in [-0.4, -0.2) is 55.5 Å². The van der Waals surface area contributed by atoms with Crippen molar-refractivity contribution in [1.29, 1.82) is 0 Å². The maximum atomic E-state index is 12.2. The predicted molar refractivity (Wildman–Crippen MR) is 98.4 cm³/mol. The molecule has 2 aromatic rings. The molecule has 0 saturated carbocycles. The second kappa shape index (κ2) is 6.35. The maximum Gasteiger partial charge on any atom is 0.156 e. The van der Waals surface area contributed by atoms with Crippen LogP contribution in [0.1, 0.15) is 5.69 Å². The molecule has 2 N–H and O–H groups in total. The number of sulfone groups is 1. The lowest BCUT2D eigenvalue weighted by molar-refractivity contribution is 0.305. The molecule has 0 unspecified atom stereocenters. The van der Waals surface area contributed by atoms with Gasteiger partial charge in [0.25, 0.3) is 0 Å². The SMILES string of the molecule is COc1ccc(-c2nc(CN3C[C@H]4[C@@H](C3)S(=O)(=O)C[C@@H]4N)cs2)cc1. The smallest absolute Gasteiger partial charge is 0.156 e. The minimum atomic E-state index is -3.04. The fourth-order valence-electron chi connectivity index (χ4n) is 3.79. The zero-order valence-corrected chi connectivity index (χ0v) is 15.6. The number of nitrogens with zero attached hydrogens (tertiary/aromatic N) is 2. The van der Waals surface area contributed by atoms with E-state index >= 15 is 0 Å². The first-order chi connectivity index (χ1) is 12.0. The average molecular weight is 380 g/mol. The molecule has 1 aromatic heterocycles. The number of rotatable bonds is 4. The topological polar surface area (TPSA) is 85.5 Å². The molecule has 0 radical (unpaired) electrons. The molecule has 2 saturated heterocycles. The third-order valence-corrected chi connectivity index (χ3v) is 8.31. The van der Waals surface area contributed by atoms with E-state index in [2.05, 4.69) is 4.90 Å². The van der Waals surface area contributed by atoms with Crippen LogP contribution in [0.3, 0.4) is 0 Å². The molecule has 134 valence electrons. The van der Waals surface area contributed by atoms with E-state index in [1.54, 1.807) is 18.4 Å². The molecule has 0 amide bonds. The van der Waals surface area contributed by atoms with Crippen molar-refractivity contribution in [1.82, 2.24) is 9.88 Å². The number of hydrogen-bond donors (Lipinski definition) is 1. The summed E-state index contributed by atoms with van der Waals surface area (Å²) in [6, 6.07) is 7.60. The van der Waals surface area contributed by atoms with Gasteiger partial charge in [0.05, 0.1) is 23.8 Å². The number of ether oxygens (including phenoxy) is 1. The minimum Gasteiger partial charge on any atom is -0.497 e. The van der Waals surface area contributed by atoms with E-state index in [4.69, 9.17) is 15.5 Å². The molecule has 2 aliphatic heterocycles. The monoisotopic (exact) mass is 379 g/mol. The Labute approximate surface area is 151 Å². The Kier molecular flexibility index (Phi) is 4.31.